The second-order valence-electron chi connectivity index (χ2n) is 7.99. The minimum absolute atomic E-state index is 0.0441. The number of hydrogen-bond acceptors (Lipinski definition) is 4. The molecule has 3 aliphatic rings. The van der Waals surface area contributed by atoms with Crippen molar-refractivity contribution in [2.75, 3.05) is 13.1 Å². The molecule has 27 heavy (non-hydrogen) atoms. The number of H-pyrrole nitrogens is 1. The van der Waals surface area contributed by atoms with Crippen LogP contribution in [-0.2, 0) is 11.8 Å². The van der Waals surface area contributed by atoms with Gasteiger partial charge < -0.3 is 9.88 Å². The molecule has 2 fully saturated rings. The van der Waals surface area contributed by atoms with Crippen molar-refractivity contribution < 1.29 is 4.79 Å². The van der Waals surface area contributed by atoms with E-state index in [0.717, 1.165) is 55.6 Å². The minimum Gasteiger partial charge on any atom is -0.337 e. The Morgan fingerprint density at radius 2 is 2.00 bits per heavy atom. The van der Waals surface area contributed by atoms with Gasteiger partial charge in [0.15, 0.2) is 0 Å². The Bertz CT molecular complexity index is 957. The lowest BCUT2D eigenvalue weighted by Gasteiger charge is -2.39. The summed E-state index contributed by atoms with van der Waals surface area (Å²) in [6.45, 7) is 1.33. The number of nitrogens with zero attached hydrogens (tertiary/aromatic N) is 3. The Kier molecular flexibility index (Phi) is 3.86. The van der Waals surface area contributed by atoms with Crippen molar-refractivity contribution in [1.82, 2.24) is 19.9 Å². The molecule has 1 saturated carbocycles. The molecule has 6 nitrogen and oxygen atoms in total. The Morgan fingerprint density at radius 1 is 1.22 bits per heavy atom. The maximum atomic E-state index is 12.7. The molecule has 1 aliphatic heterocycles. The summed E-state index contributed by atoms with van der Waals surface area (Å²) in [6.07, 6.45) is 7.17. The molecule has 1 amide bonds. The van der Waals surface area contributed by atoms with Crippen LogP contribution in [-0.4, -0.2) is 38.8 Å². The lowest BCUT2D eigenvalue weighted by Crippen LogP contribution is -2.45. The monoisotopic (exact) mass is 384 g/mol. The number of pyridine rings is 1. The van der Waals surface area contributed by atoms with Gasteiger partial charge in [0, 0.05) is 36.2 Å². The van der Waals surface area contributed by atoms with E-state index < -0.39 is 0 Å². The summed E-state index contributed by atoms with van der Waals surface area (Å²) < 4.78 is 0. The van der Waals surface area contributed by atoms with E-state index in [0.29, 0.717) is 29.7 Å². The van der Waals surface area contributed by atoms with Crippen molar-refractivity contribution >= 4 is 17.5 Å². The van der Waals surface area contributed by atoms with E-state index in [1.165, 1.54) is 6.20 Å². The SMILES string of the molecule is O=C(c1ccc(Cl)cn1)N1CCC2(CCc3c2nc(C2CC2)[nH]c3=O)CC1. The lowest BCUT2D eigenvalue weighted by molar-refractivity contribution is 0.0657. The zero-order chi connectivity index (χ0) is 18.6. The van der Waals surface area contributed by atoms with Crippen LogP contribution in [0.2, 0.25) is 5.02 Å². The first-order chi connectivity index (χ1) is 13.1. The van der Waals surface area contributed by atoms with Crippen molar-refractivity contribution in [3.63, 3.8) is 0 Å². The molecule has 1 N–H and O–H groups in total. The molecule has 7 heteroatoms. The van der Waals surface area contributed by atoms with E-state index in [4.69, 9.17) is 16.6 Å². The van der Waals surface area contributed by atoms with Gasteiger partial charge in [0.2, 0.25) is 0 Å². The molecular formula is C20H21ClN4O2. The van der Waals surface area contributed by atoms with Gasteiger partial charge in [0.1, 0.15) is 11.5 Å². The van der Waals surface area contributed by atoms with Gasteiger partial charge in [-0.2, -0.15) is 0 Å². The Labute approximate surface area is 162 Å². The first kappa shape index (κ1) is 16.9. The quantitative estimate of drug-likeness (QED) is 0.863. The van der Waals surface area contributed by atoms with Crippen LogP contribution in [0.15, 0.2) is 23.1 Å². The van der Waals surface area contributed by atoms with Gasteiger partial charge in [-0.05, 0) is 50.7 Å². The third kappa shape index (κ3) is 2.87. The molecule has 0 bridgehead atoms. The Balaban J connectivity index is 1.37. The Morgan fingerprint density at radius 3 is 2.67 bits per heavy atom. The van der Waals surface area contributed by atoms with E-state index in [-0.39, 0.29) is 16.9 Å². The zero-order valence-corrected chi connectivity index (χ0v) is 15.8. The number of hydrogen-bond donors (Lipinski definition) is 1. The maximum absolute atomic E-state index is 12.7. The van der Waals surface area contributed by atoms with Gasteiger partial charge >= 0.3 is 0 Å². The number of aromatic nitrogens is 3. The molecule has 0 atom stereocenters. The summed E-state index contributed by atoms with van der Waals surface area (Å²) in [7, 11) is 0. The average Bonchev–Trinajstić information content (AvgIpc) is 3.47. The highest BCUT2D eigenvalue weighted by Gasteiger charge is 2.45. The van der Waals surface area contributed by atoms with Gasteiger partial charge in [-0.25, -0.2) is 9.97 Å². The summed E-state index contributed by atoms with van der Waals surface area (Å²) in [5.74, 6) is 1.24. The third-order valence-corrected chi connectivity index (χ3v) is 6.53. The fourth-order valence-corrected chi connectivity index (χ4v) is 4.62. The fourth-order valence-electron chi connectivity index (χ4n) is 4.51. The second-order valence-corrected chi connectivity index (χ2v) is 8.42. The van der Waals surface area contributed by atoms with E-state index in [2.05, 4.69) is 9.97 Å². The van der Waals surface area contributed by atoms with E-state index in [1.54, 1.807) is 12.1 Å². The first-order valence-corrected chi connectivity index (χ1v) is 9.98. The first-order valence-electron chi connectivity index (χ1n) is 9.60. The topological polar surface area (TPSA) is 79.0 Å². The second kappa shape index (κ2) is 6.16. The Hall–Kier alpha value is -2.21. The van der Waals surface area contributed by atoms with Gasteiger partial charge in [0.25, 0.3) is 11.5 Å². The van der Waals surface area contributed by atoms with Crippen LogP contribution in [0.3, 0.4) is 0 Å². The molecule has 3 heterocycles. The molecule has 1 saturated heterocycles. The fraction of sp³-hybridized carbons (Fsp3) is 0.500. The van der Waals surface area contributed by atoms with Crippen molar-refractivity contribution in [2.45, 2.75) is 49.9 Å². The highest BCUT2D eigenvalue weighted by atomic mass is 35.5. The van der Waals surface area contributed by atoms with Crippen molar-refractivity contribution in [3.8, 4) is 0 Å². The number of nitrogens with one attached hydrogen (secondary N) is 1. The van der Waals surface area contributed by atoms with Crippen LogP contribution in [0, 0.1) is 0 Å². The van der Waals surface area contributed by atoms with Crippen LogP contribution in [0.25, 0.3) is 0 Å². The number of carbonyl (C=O) groups excluding carboxylic acids is 1. The van der Waals surface area contributed by atoms with Crippen molar-refractivity contribution in [1.29, 1.82) is 0 Å². The molecule has 0 unspecified atom stereocenters. The maximum Gasteiger partial charge on any atom is 0.272 e. The normalized spacial score (nSPS) is 20.7. The summed E-state index contributed by atoms with van der Waals surface area (Å²) in [6, 6.07) is 3.36. The largest absolute Gasteiger partial charge is 0.337 e. The third-order valence-electron chi connectivity index (χ3n) is 6.31. The molecule has 2 aliphatic carbocycles. The predicted octanol–water partition coefficient (Wildman–Crippen LogP) is 2.82. The number of likely N-dealkylation sites (tertiary alicyclic amines) is 1. The van der Waals surface area contributed by atoms with Gasteiger partial charge in [-0.3, -0.25) is 9.59 Å². The van der Waals surface area contributed by atoms with Crippen LogP contribution in [0.4, 0.5) is 0 Å². The summed E-state index contributed by atoms with van der Waals surface area (Å²) in [5, 5.41) is 0.523. The van der Waals surface area contributed by atoms with Crippen LogP contribution in [0.5, 0.6) is 0 Å². The summed E-state index contributed by atoms with van der Waals surface area (Å²) in [4.78, 5) is 39.1. The highest BCUT2D eigenvalue weighted by molar-refractivity contribution is 6.30. The number of fused-ring (bicyclic) bond motifs is 2. The number of carbonyl (C=O) groups is 1. The van der Waals surface area contributed by atoms with E-state index >= 15 is 0 Å². The smallest absolute Gasteiger partial charge is 0.272 e. The summed E-state index contributed by atoms with van der Waals surface area (Å²) >= 11 is 5.86. The molecule has 0 aromatic carbocycles. The zero-order valence-electron chi connectivity index (χ0n) is 15.0. The molecule has 140 valence electrons. The number of halogens is 1. The highest BCUT2D eigenvalue weighted by Crippen LogP contribution is 2.46. The number of rotatable bonds is 2. The average molecular weight is 385 g/mol. The van der Waals surface area contributed by atoms with Crippen LogP contribution >= 0.6 is 11.6 Å². The van der Waals surface area contributed by atoms with Crippen LogP contribution in [0.1, 0.15) is 65.6 Å². The number of piperidine rings is 1. The van der Waals surface area contributed by atoms with E-state index in [9.17, 15) is 9.59 Å². The number of aromatic amines is 1. The lowest BCUT2D eigenvalue weighted by atomic mass is 9.76. The predicted molar refractivity (Wildman–Crippen MR) is 101 cm³/mol. The van der Waals surface area contributed by atoms with Crippen LogP contribution < -0.4 is 5.56 Å². The molecule has 1 spiro atoms. The van der Waals surface area contributed by atoms with Gasteiger partial charge in [-0.15, -0.1) is 0 Å². The van der Waals surface area contributed by atoms with Crippen molar-refractivity contribution in [3.05, 3.63) is 56.5 Å². The molecule has 5 rings (SSSR count). The minimum atomic E-state index is -0.0581. The van der Waals surface area contributed by atoms with E-state index in [1.807, 2.05) is 4.90 Å². The van der Waals surface area contributed by atoms with Gasteiger partial charge in [0.05, 0.1) is 10.7 Å². The molecule has 2 aromatic rings. The molecule has 0 radical (unpaired) electrons. The standard InChI is InChI=1S/C20H21ClN4O2/c21-13-3-4-15(22-11-13)19(27)25-9-7-20(8-10-25)6-5-14-16(20)23-17(12-1-2-12)24-18(14)26/h3-4,11-12H,1-2,5-10H2,(H,23,24,26). The van der Waals surface area contributed by atoms with Gasteiger partial charge in [-0.1, -0.05) is 11.6 Å². The molecular weight excluding hydrogens is 364 g/mol. The number of amides is 1. The molecule has 2 aromatic heterocycles. The van der Waals surface area contributed by atoms with Crippen molar-refractivity contribution in [2.24, 2.45) is 0 Å². The summed E-state index contributed by atoms with van der Waals surface area (Å²) in [5.41, 5.74) is 2.27.